The molecule has 1 aromatic heterocycles. The second-order valence-electron chi connectivity index (χ2n) is 7.03. The third-order valence-corrected chi connectivity index (χ3v) is 6.39. The molecule has 8 heteroatoms. The van der Waals surface area contributed by atoms with Crippen LogP contribution < -0.4 is 10.1 Å². The van der Waals surface area contributed by atoms with E-state index in [4.69, 9.17) is 9.47 Å². The molecule has 0 radical (unpaired) electrons. The van der Waals surface area contributed by atoms with E-state index in [-0.39, 0.29) is 6.10 Å². The maximum absolute atomic E-state index is 5.91. The van der Waals surface area contributed by atoms with Crippen LogP contribution in [-0.4, -0.2) is 60.3 Å². The summed E-state index contributed by atoms with van der Waals surface area (Å²) in [5.41, 5.74) is 1.18. The number of hydrogen-bond acceptors (Lipinski definition) is 8. The highest BCUT2D eigenvalue weighted by molar-refractivity contribution is 8.01. The minimum absolute atomic E-state index is 0.266. The lowest BCUT2D eigenvalue weighted by Crippen LogP contribution is -2.44. The Morgan fingerprint density at radius 1 is 1.33 bits per heavy atom. The molecule has 6 nitrogen and oxygen atoms in total. The smallest absolute Gasteiger partial charge is 0.206 e. The molecule has 0 amide bonds. The molecule has 1 aliphatic heterocycles. The molecule has 0 bridgehead atoms. The van der Waals surface area contributed by atoms with Gasteiger partial charge in [0.1, 0.15) is 5.75 Å². The second kappa shape index (κ2) is 10.3. The molecule has 1 atom stereocenters. The first-order chi connectivity index (χ1) is 13.1. The van der Waals surface area contributed by atoms with Crippen LogP contribution in [0.2, 0.25) is 0 Å². The van der Waals surface area contributed by atoms with Crippen LogP contribution in [0.15, 0.2) is 28.6 Å². The van der Waals surface area contributed by atoms with Crippen LogP contribution in [0.1, 0.15) is 19.4 Å². The number of nitrogens with one attached hydrogen (secondary N) is 1. The summed E-state index contributed by atoms with van der Waals surface area (Å²) in [6, 6.07) is 8.02. The van der Waals surface area contributed by atoms with E-state index >= 15 is 0 Å². The van der Waals surface area contributed by atoms with E-state index in [0.29, 0.717) is 5.92 Å². The van der Waals surface area contributed by atoms with Gasteiger partial charge in [-0.05, 0) is 23.6 Å². The average molecular weight is 409 g/mol. The van der Waals surface area contributed by atoms with Gasteiger partial charge >= 0.3 is 0 Å². The highest BCUT2D eigenvalue weighted by Crippen LogP contribution is 2.27. The number of aromatic nitrogens is 2. The first kappa shape index (κ1) is 20.4. The number of anilines is 1. The number of benzene rings is 1. The number of rotatable bonds is 9. The summed E-state index contributed by atoms with van der Waals surface area (Å²) in [6.45, 7) is 9.26. The first-order valence-electron chi connectivity index (χ1n) is 9.29. The van der Waals surface area contributed by atoms with Gasteiger partial charge in [0.05, 0.1) is 19.8 Å². The number of ether oxygens (including phenoxy) is 2. The van der Waals surface area contributed by atoms with Crippen LogP contribution in [0, 0.1) is 5.92 Å². The van der Waals surface area contributed by atoms with Crippen LogP contribution in [0.3, 0.4) is 0 Å². The molecule has 2 heterocycles. The molecule has 1 aromatic carbocycles. The number of hydrogen-bond donors (Lipinski definition) is 1. The van der Waals surface area contributed by atoms with Gasteiger partial charge in [0.15, 0.2) is 4.34 Å². The summed E-state index contributed by atoms with van der Waals surface area (Å²) in [5.74, 6) is 2.48. The van der Waals surface area contributed by atoms with Gasteiger partial charge in [-0.1, -0.05) is 49.1 Å². The standard InChI is InChI=1S/C19H28N4O2S2/c1-14(2)11-23-8-9-25-17(12-23)13-26-19-22-21-18(27-19)20-10-15-4-6-16(24-3)7-5-15/h4-7,14,17H,8-13H2,1-3H3,(H,20,21)/t17-/m1/s1. The van der Waals surface area contributed by atoms with Crippen LogP contribution >= 0.6 is 23.1 Å². The van der Waals surface area contributed by atoms with E-state index < -0.39 is 0 Å². The van der Waals surface area contributed by atoms with Crippen molar-refractivity contribution in [3.05, 3.63) is 29.8 Å². The van der Waals surface area contributed by atoms with Crippen molar-refractivity contribution in [3.8, 4) is 5.75 Å². The van der Waals surface area contributed by atoms with E-state index in [1.165, 1.54) is 5.56 Å². The van der Waals surface area contributed by atoms with Gasteiger partial charge in [0.25, 0.3) is 0 Å². The lowest BCUT2D eigenvalue weighted by Gasteiger charge is -2.33. The van der Waals surface area contributed by atoms with Gasteiger partial charge < -0.3 is 14.8 Å². The van der Waals surface area contributed by atoms with E-state index in [0.717, 1.165) is 53.8 Å². The molecule has 1 saturated heterocycles. The summed E-state index contributed by atoms with van der Waals surface area (Å²) in [7, 11) is 1.67. The lowest BCUT2D eigenvalue weighted by molar-refractivity contribution is -0.0191. The zero-order valence-electron chi connectivity index (χ0n) is 16.2. The van der Waals surface area contributed by atoms with Gasteiger partial charge in [-0.3, -0.25) is 4.90 Å². The maximum Gasteiger partial charge on any atom is 0.206 e. The van der Waals surface area contributed by atoms with Gasteiger partial charge in [-0.25, -0.2) is 0 Å². The summed E-state index contributed by atoms with van der Waals surface area (Å²) in [5, 5.41) is 12.7. The first-order valence-corrected chi connectivity index (χ1v) is 11.1. The summed E-state index contributed by atoms with van der Waals surface area (Å²) in [6.07, 6.45) is 0.266. The fraction of sp³-hybridized carbons (Fsp3) is 0.579. The van der Waals surface area contributed by atoms with E-state index in [1.54, 1.807) is 30.2 Å². The fourth-order valence-corrected chi connectivity index (χ4v) is 4.77. The number of morpholine rings is 1. The maximum atomic E-state index is 5.91. The van der Waals surface area contributed by atoms with Crippen LogP contribution in [0.4, 0.5) is 5.13 Å². The highest BCUT2D eigenvalue weighted by atomic mass is 32.2. The average Bonchev–Trinajstić information content (AvgIpc) is 3.13. The van der Waals surface area contributed by atoms with Gasteiger partial charge in [-0.15, -0.1) is 10.2 Å². The molecule has 0 spiro atoms. The summed E-state index contributed by atoms with van der Waals surface area (Å²) < 4.78 is 12.1. The van der Waals surface area contributed by atoms with Crippen molar-refractivity contribution in [2.75, 3.05) is 44.4 Å². The molecule has 0 saturated carbocycles. The SMILES string of the molecule is COc1ccc(CNc2nnc(SC[C@H]3CN(CC(C)C)CCO3)s2)cc1. The van der Waals surface area contributed by atoms with Crippen molar-refractivity contribution in [2.24, 2.45) is 5.92 Å². The van der Waals surface area contributed by atoms with Crippen LogP contribution in [0.25, 0.3) is 0 Å². The van der Waals surface area contributed by atoms with Crippen molar-refractivity contribution in [2.45, 2.75) is 30.8 Å². The molecule has 1 N–H and O–H groups in total. The number of methoxy groups -OCH3 is 1. The summed E-state index contributed by atoms with van der Waals surface area (Å²) >= 11 is 3.33. The highest BCUT2D eigenvalue weighted by Gasteiger charge is 2.21. The largest absolute Gasteiger partial charge is 0.497 e. The Kier molecular flexibility index (Phi) is 7.75. The lowest BCUT2D eigenvalue weighted by atomic mass is 10.2. The molecule has 2 aromatic rings. The summed E-state index contributed by atoms with van der Waals surface area (Å²) in [4.78, 5) is 2.50. The van der Waals surface area contributed by atoms with Crippen molar-refractivity contribution < 1.29 is 9.47 Å². The minimum atomic E-state index is 0.266. The Morgan fingerprint density at radius 2 is 2.15 bits per heavy atom. The van der Waals surface area contributed by atoms with Gasteiger partial charge in [-0.2, -0.15) is 0 Å². The zero-order valence-corrected chi connectivity index (χ0v) is 17.8. The second-order valence-corrected chi connectivity index (χ2v) is 9.28. The van der Waals surface area contributed by atoms with Crippen molar-refractivity contribution in [1.82, 2.24) is 15.1 Å². The topological polar surface area (TPSA) is 59.5 Å². The van der Waals surface area contributed by atoms with Crippen molar-refractivity contribution in [3.63, 3.8) is 0 Å². The zero-order chi connectivity index (χ0) is 19.1. The predicted molar refractivity (Wildman–Crippen MR) is 112 cm³/mol. The number of nitrogens with zero attached hydrogens (tertiary/aromatic N) is 3. The van der Waals surface area contributed by atoms with E-state index in [2.05, 4.69) is 34.3 Å². The van der Waals surface area contributed by atoms with E-state index in [9.17, 15) is 0 Å². The normalized spacial score (nSPS) is 18.0. The molecule has 1 fully saturated rings. The Morgan fingerprint density at radius 3 is 2.89 bits per heavy atom. The van der Waals surface area contributed by atoms with E-state index in [1.807, 2.05) is 24.3 Å². The third kappa shape index (κ3) is 6.64. The third-order valence-electron chi connectivity index (χ3n) is 4.25. The monoisotopic (exact) mass is 408 g/mol. The minimum Gasteiger partial charge on any atom is -0.497 e. The fourth-order valence-electron chi connectivity index (χ4n) is 2.99. The molecule has 0 unspecified atom stereocenters. The molecule has 1 aliphatic rings. The molecular weight excluding hydrogens is 380 g/mol. The molecule has 148 valence electrons. The molecule has 27 heavy (non-hydrogen) atoms. The quantitative estimate of drug-likeness (QED) is 0.636. The molecule has 0 aliphatic carbocycles. The van der Waals surface area contributed by atoms with Crippen LogP contribution in [0.5, 0.6) is 5.75 Å². The van der Waals surface area contributed by atoms with Crippen LogP contribution in [-0.2, 0) is 11.3 Å². The van der Waals surface area contributed by atoms with Gasteiger partial charge in [0.2, 0.25) is 5.13 Å². The van der Waals surface area contributed by atoms with Crippen molar-refractivity contribution in [1.29, 1.82) is 0 Å². The van der Waals surface area contributed by atoms with Gasteiger partial charge in [0, 0.05) is 31.9 Å². The number of thioether (sulfide) groups is 1. The molecular formula is C19H28N4O2S2. The molecule has 3 rings (SSSR count). The predicted octanol–water partition coefficient (Wildman–Crippen LogP) is 3.61. The Labute approximate surface area is 169 Å². The Hall–Kier alpha value is -1.35. The Bertz CT molecular complexity index is 693. The Balaban J connectivity index is 1.42. The van der Waals surface area contributed by atoms with Crippen molar-refractivity contribution >= 4 is 28.2 Å².